The fraction of sp³-hybridized carbons (Fsp3) is 0.579. The van der Waals surface area contributed by atoms with Gasteiger partial charge in [-0.2, -0.15) is 0 Å². The molecule has 2 rings (SSSR count). The van der Waals surface area contributed by atoms with Crippen molar-refractivity contribution in [1.82, 2.24) is 10.2 Å². The molecular weight excluding hydrogens is 334 g/mol. The average molecular weight is 364 g/mol. The van der Waals surface area contributed by atoms with Crippen molar-refractivity contribution in [2.45, 2.75) is 51.6 Å². The third-order valence-electron chi connectivity index (χ3n) is 4.50. The van der Waals surface area contributed by atoms with Gasteiger partial charge < -0.3 is 16.0 Å². The summed E-state index contributed by atoms with van der Waals surface area (Å²) >= 11 is 1.62. The van der Waals surface area contributed by atoms with Gasteiger partial charge in [0.05, 0.1) is 5.88 Å². The molecule has 0 bridgehead atoms. The highest BCUT2D eigenvalue weighted by atomic mass is 32.2. The van der Waals surface area contributed by atoms with Gasteiger partial charge >= 0.3 is 0 Å². The number of rotatable bonds is 7. The van der Waals surface area contributed by atoms with Crippen LogP contribution in [0.2, 0.25) is 0 Å². The number of benzene rings is 1. The molecule has 2 amide bonds. The van der Waals surface area contributed by atoms with Crippen LogP contribution in [0.15, 0.2) is 24.3 Å². The zero-order chi connectivity index (χ0) is 18.4. The molecule has 0 aliphatic carbocycles. The molecule has 1 heterocycles. The van der Waals surface area contributed by atoms with Crippen LogP contribution in [0.5, 0.6) is 0 Å². The Balaban J connectivity index is 1.89. The maximum absolute atomic E-state index is 12.5. The topological polar surface area (TPSA) is 75.4 Å². The Bertz CT molecular complexity index is 589. The summed E-state index contributed by atoms with van der Waals surface area (Å²) in [5.74, 6) is 1.68. The van der Waals surface area contributed by atoms with Crippen LogP contribution >= 0.6 is 11.8 Å². The molecule has 6 heteroatoms. The Morgan fingerprint density at radius 2 is 1.92 bits per heavy atom. The average Bonchev–Trinajstić information content (AvgIpc) is 3.09. The van der Waals surface area contributed by atoms with Gasteiger partial charge in [-0.3, -0.25) is 9.59 Å². The Morgan fingerprint density at radius 1 is 1.28 bits per heavy atom. The summed E-state index contributed by atoms with van der Waals surface area (Å²) in [6.07, 6.45) is 1.29. The van der Waals surface area contributed by atoms with Crippen LogP contribution in [0.1, 0.15) is 56.7 Å². The quantitative estimate of drug-likeness (QED) is 0.781. The third kappa shape index (κ3) is 5.22. The minimum absolute atomic E-state index is 0.0567. The highest BCUT2D eigenvalue weighted by molar-refractivity contribution is 7.99. The predicted octanol–water partition coefficient (Wildman–Crippen LogP) is 2.63. The predicted molar refractivity (Wildman–Crippen MR) is 103 cm³/mol. The standard InChI is InChI=1S/C19H29N3O2S/c1-4-5-18(23)22-12-25-11-17(22)19(24)21-10-16(20)15-8-6-14(7-9-15)13(2)3/h6-9,13,16-17H,4-5,10-12,20H2,1-3H3,(H,21,24). The van der Waals surface area contributed by atoms with Gasteiger partial charge in [0.1, 0.15) is 6.04 Å². The SMILES string of the molecule is CCCC(=O)N1CSCC1C(=O)NCC(N)c1ccc(C(C)C)cc1. The van der Waals surface area contributed by atoms with E-state index in [1.54, 1.807) is 16.7 Å². The molecule has 2 atom stereocenters. The van der Waals surface area contributed by atoms with Crippen LogP contribution in [-0.2, 0) is 9.59 Å². The van der Waals surface area contributed by atoms with E-state index in [0.29, 0.717) is 30.5 Å². The number of carbonyl (C=O) groups is 2. The van der Waals surface area contributed by atoms with E-state index < -0.39 is 0 Å². The zero-order valence-electron chi connectivity index (χ0n) is 15.3. The van der Waals surface area contributed by atoms with E-state index >= 15 is 0 Å². The van der Waals surface area contributed by atoms with E-state index in [1.165, 1.54) is 5.56 Å². The molecule has 25 heavy (non-hydrogen) atoms. The highest BCUT2D eigenvalue weighted by Gasteiger charge is 2.34. The van der Waals surface area contributed by atoms with Gasteiger partial charge in [0, 0.05) is 24.8 Å². The van der Waals surface area contributed by atoms with E-state index in [-0.39, 0.29) is 23.9 Å². The molecule has 1 aliphatic rings. The van der Waals surface area contributed by atoms with E-state index in [4.69, 9.17) is 5.73 Å². The second-order valence-electron chi connectivity index (χ2n) is 6.80. The van der Waals surface area contributed by atoms with E-state index in [2.05, 4.69) is 31.3 Å². The van der Waals surface area contributed by atoms with Crippen molar-refractivity contribution >= 4 is 23.6 Å². The van der Waals surface area contributed by atoms with Crippen molar-refractivity contribution in [3.63, 3.8) is 0 Å². The molecule has 1 aromatic carbocycles. The molecule has 3 N–H and O–H groups in total. The van der Waals surface area contributed by atoms with Crippen LogP contribution in [0.3, 0.4) is 0 Å². The van der Waals surface area contributed by atoms with Gasteiger partial charge in [0.25, 0.3) is 0 Å². The molecule has 1 aliphatic heterocycles. The fourth-order valence-corrected chi connectivity index (χ4v) is 4.02. The minimum Gasteiger partial charge on any atom is -0.352 e. The number of nitrogens with one attached hydrogen (secondary N) is 1. The van der Waals surface area contributed by atoms with Gasteiger partial charge in [0.15, 0.2) is 0 Å². The Hall–Kier alpha value is -1.53. The molecule has 0 aromatic heterocycles. The van der Waals surface area contributed by atoms with E-state index in [0.717, 1.165) is 12.0 Å². The second-order valence-corrected chi connectivity index (χ2v) is 7.80. The molecule has 138 valence electrons. The zero-order valence-corrected chi connectivity index (χ0v) is 16.1. The maximum atomic E-state index is 12.5. The number of amides is 2. The smallest absolute Gasteiger partial charge is 0.243 e. The largest absolute Gasteiger partial charge is 0.352 e. The van der Waals surface area contributed by atoms with Crippen LogP contribution in [0, 0.1) is 0 Å². The number of thioether (sulfide) groups is 1. The number of carbonyl (C=O) groups excluding carboxylic acids is 2. The molecule has 0 radical (unpaired) electrons. The molecule has 0 spiro atoms. The van der Waals surface area contributed by atoms with E-state index in [1.807, 2.05) is 19.1 Å². The second kappa shape index (κ2) is 9.25. The van der Waals surface area contributed by atoms with Crippen LogP contribution in [0.25, 0.3) is 0 Å². The van der Waals surface area contributed by atoms with Gasteiger partial charge in [-0.1, -0.05) is 45.0 Å². The number of nitrogens with two attached hydrogens (primary N) is 1. The lowest BCUT2D eigenvalue weighted by atomic mass is 9.99. The molecule has 1 saturated heterocycles. The third-order valence-corrected chi connectivity index (χ3v) is 5.51. The summed E-state index contributed by atoms with van der Waals surface area (Å²) in [4.78, 5) is 26.3. The van der Waals surface area contributed by atoms with Gasteiger partial charge in [-0.15, -0.1) is 11.8 Å². The summed E-state index contributed by atoms with van der Waals surface area (Å²) < 4.78 is 0. The van der Waals surface area contributed by atoms with E-state index in [9.17, 15) is 9.59 Å². The molecule has 1 fully saturated rings. The Labute approximate surface area is 154 Å². The molecule has 1 aromatic rings. The fourth-order valence-electron chi connectivity index (χ4n) is 2.84. The Morgan fingerprint density at radius 3 is 2.52 bits per heavy atom. The van der Waals surface area contributed by atoms with Crippen LogP contribution < -0.4 is 11.1 Å². The molecular formula is C19H29N3O2S. The summed E-state index contributed by atoms with van der Waals surface area (Å²) in [5, 5.41) is 2.92. The number of nitrogens with zero attached hydrogens (tertiary/aromatic N) is 1. The normalized spacial score (nSPS) is 18.4. The van der Waals surface area contributed by atoms with Gasteiger partial charge in [-0.05, 0) is 23.5 Å². The monoisotopic (exact) mass is 363 g/mol. The first-order valence-electron chi connectivity index (χ1n) is 8.94. The van der Waals surface area contributed by atoms with Crippen molar-refractivity contribution in [3.8, 4) is 0 Å². The first-order chi connectivity index (χ1) is 11.9. The molecule has 2 unspecified atom stereocenters. The van der Waals surface area contributed by atoms with Gasteiger partial charge in [-0.25, -0.2) is 0 Å². The van der Waals surface area contributed by atoms with Crippen LogP contribution in [0.4, 0.5) is 0 Å². The first-order valence-corrected chi connectivity index (χ1v) is 10.1. The Kier molecular flexibility index (Phi) is 7.32. The lowest BCUT2D eigenvalue weighted by molar-refractivity contribution is -0.138. The van der Waals surface area contributed by atoms with Crippen molar-refractivity contribution in [1.29, 1.82) is 0 Å². The minimum atomic E-state index is -0.375. The summed E-state index contributed by atoms with van der Waals surface area (Å²) in [6, 6.07) is 7.59. The maximum Gasteiger partial charge on any atom is 0.243 e. The lowest BCUT2D eigenvalue weighted by Crippen LogP contribution is -2.48. The van der Waals surface area contributed by atoms with Crippen molar-refractivity contribution in [3.05, 3.63) is 35.4 Å². The summed E-state index contributed by atoms with van der Waals surface area (Å²) in [7, 11) is 0. The van der Waals surface area contributed by atoms with Crippen molar-refractivity contribution in [2.24, 2.45) is 5.73 Å². The van der Waals surface area contributed by atoms with Crippen molar-refractivity contribution in [2.75, 3.05) is 18.2 Å². The summed E-state index contributed by atoms with van der Waals surface area (Å²) in [5.41, 5.74) is 8.49. The molecule has 0 saturated carbocycles. The van der Waals surface area contributed by atoms with Crippen molar-refractivity contribution < 1.29 is 9.59 Å². The molecule has 5 nitrogen and oxygen atoms in total. The summed E-state index contributed by atoms with van der Waals surface area (Å²) in [6.45, 7) is 6.65. The number of hydrogen-bond donors (Lipinski definition) is 2. The lowest BCUT2D eigenvalue weighted by Gasteiger charge is -2.24. The first kappa shape index (κ1) is 19.8. The highest BCUT2D eigenvalue weighted by Crippen LogP contribution is 2.22. The van der Waals surface area contributed by atoms with Gasteiger partial charge in [0.2, 0.25) is 11.8 Å². The van der Waals surface area contributed by atoms with Crippen LogP contribution in [-0.4, -0.2) is 40.9 Å². The number of hydrogen-bond acceptors (Lipinski definition) is 4.